The number of hydrogen-bond acceptors (Lipinski definition) is 3. The van der Waals surface area contributed by atoms with Crippen LogP contribution in [0.3, 0.4) is 0 Å². The Morgan fingerprint density at radius 3 is 2.61 bits per heavy atom. The summed E-state index contributed by atoms with van der Waals surface area (Å²) in [5.41, 5.74) is 0.0436. The van der Waals surface area contributed by atoms with E-state index < -0.39 is 23.5 Å². The van der Waals surface area contributed by atoms with E-state index >= 15 is 0 Å². The highest BCUT2D eigenvalue weighted by atomic mass is 19.1. The number of aliphatic carboxylic acids is 1. The summed E-state index contributed by atoms with van der Waals surface area (Å²) >= 11 is 0. The Morgan fingerprint density at radius 2 is 2.11 bits per heavy atom. The SMILES string of the molecule is COc1cc(F)c(N(C)C2CC2C(=O)O)cc1F. The fraction of sp³-hybridized carbons (Fsp3) is 0.417. The van der Waals surface area contributed by atoms with Crippen molar-refractivity contribution in [3.63, 3.8) is 0 Å². The number of halogens is 2. The molecule has 6 heteroatoms. The van der Waals surface area contributed by atoms with Crippen molar-refractivity contribution in [3.05, 3.63) is 23.8 Å². The van der Waals surface area contributed by atoms with Gasteiger partial charge in [-0.1, -0.05) is 0 Å². The maximum atomic E-state index is 13.7. The molecule has 1 aromatic rings. The number of benzene rings is 1. The first kappa shape index (κ1) is 12.6. The van der Waals surface area contributed by atoms with Crippen molar-refractivity contribution in [2.24, 2.45) is 5.92 Å². The van der Waals surface area contributed by atoms with Gasteiger partial charge in [0.2, 0.25) is 0 Å². The van der Waals surface area contributed by atoms with E-state index in [0.717, 1.165) is 12.1 Å². The molecular weight excluding hydrogens is 244 g/mol. The Labute approximate surface area is 103 Å². The lowest BCUT2D eigenvalue weighted by Crippen LogP contribution is -2.24. The zero-order valence-corrected chi connectivity index (χ0v) is 9.98. The average molecular weight is 257 g/mol. The lowest BCUT2D eigenvalue weighted by atomic mass is 10.2. The molecule has 0 spiro atoms. The number of anilines is 1. The summed E-state index contributed by atoms with van der Waals surface area (Å²) in [5, 5.41) is 8.81. The fourth-order valence-electron chi connectivity index (χ4n) is 2.00. The second kappa shape index (κ2) is 4.44. The maximum absolute atomic E-state index is 13.7. The van der Waals surface area contributed by atoms with Crippen molar-refractivity contribution in [3.8, 4) is 5.75 Å². The molecule has 1 fully saturated rings. The molecule has 1 saturated carbocycles. The molecule has 0 aromatic heterocycles. The molecule has 2 unspecified atom stereocenters. The molecule has 0 amide bonds. The number of nitrogens with zero attached hydrogens (tertiary/aromatic N) is 1. The first-order valence-corrected chi connectivity index (χ1v) is 5.44. The quantitative estimate of drug-likeness (QED) is 0.894. The van der Waals surface area contributed by atoms with Crippen molar-refractivity contribution < 1.29 is 23.4 Å². The molecule has 0 aliphatic heterocycles. The van der Waals surface area contributed by atoms with Crippen LogP contribution < -0.4 is 9.64 Å². The first-order valence-electron chi connectivity index (χ1n) is 5.44. The highest BCUT2D eigenvalue weighted by molar-refractivity contribution is 5.76. The number of ether oxygens (including phenoxy) is 1. The average Bonchev–Trinajstić information content (AvgIpc) is 3.10. The molecule has 1 aliphatic carbocycles. The van der Waals surface area contributed by atoms with Gasteiger partial charge in [-0.05, 0) is 6.42 Å². The van der Waals surface area contributed by atoms with Gasteiger partial charge in [-0.3, -0.25) is 4.79 Å². The number of hydrogen-bond donors (Lipinski definition) is 1. The molecule has 18 heavy (non-hydrogen) atoms. The lowest BCUT2D eigenvalue weighted by Gasteiger charge is -2.20. The molecule has 98 valence electrons. The standard InChI is InChI=1S/C12H13F2NO3/c1-15(9-3-6(9)12(16)17)10-4-8(14)11(18-2)5-7(10)13/h4-6,9H,3H2,1-2H3,(H,16,17). The highest BCUT2D eigenvalue weighted by Gasteiger charge is 2.46. The molecule has 1 aromatic carbocycles. The van der Waals surface area contributed by atoms with Crippen LogP contribution in [0.2, 0.25) is 0 Å². The van der Waals surface area contributed by atoms with Crippen molar-refractivity contribution in [1.82, 2.24) is 0 Å². The van der Waals surface area contributed by atoms with Crippen LogP contribution in [0.5, 0.6) is 5.75 Å². The Bertz CT molecular complexity index is 492. The third-order valence-electron chi connectivity index (χ3n) is 3.17. The van der Waals surface area contributed by atoms with E-state index in [2.05, 4.69) is 4.74 Å². The minimum atomic E-state index is -0.916. The molecule has 2 atom stereocenters. The van der Waals surface area contributed by atoms with Gasteiger partial charge < -0.3 is 14.7 Å². The van der Waals surface area contributed by atoms with Crippen molar-refractivity contribution in [2.75, 3.05) is 19.1 Å². The summed E-state index contributed by atoms with van der Waals surface area (Å²) in [4.78, 5) is 12.2. The second-order valence-electron chi connectivity index (χ2n) is 4.30. The van der Waals surface area contributed by atoms with Gasteiger partial charge in [0.15, 0.2) is 11.6 Å². The largest absolute Gasteiger partial charge is 0.494 e. The highest BCUT2D eigenvalue weighted by Crippen LogP contribution is 2.39. The molecule has 0 saturated heterocycles. The van der Waals surface area contributed by atoms with E-state index in [1.807, 2.05) is 0 Å². The zero-order valence-electron chi connectivity index (χ0n) is 9.98. The summed E-state index contributed by atoms with van der Waals surface area (Å²) in [7, 11) is 2.81. The van der Waals surface area contributed by atoms with Crippen LogP contribution in [-0.2, 0) is 4.79 Å². The normalized spacial score (nSPS) is 21.6. The Balaban J connectivity index is 2.24. The van der Waals surface area contributed by atoms with Crippen molar-refractivity contribution >= 4 is 11.7 Å². The summed E-state index contributed by atoms with van der Waals surface area (Å²) in [6.45, 7) is 0. The summed E-state index contributed by atoms with van der Waals surface area (Å²) < 4.78 is 31.9. The zero-order chi connectivity index (χ0) is 13.4. The number of carboxylic acid groups (broad SMARTS) is 1. The minimum absolute atomic E-state index is 0.0436. The number of methoxy groups -OCH3 is 1. The van der Waals surface area contributed by atoms with Crippen molar-refractivity contribution in [1.29, 1.82) is 0 Å². The van der Waals surface area contributed by atoms with Crippen LogP contribution in [0, 0.1) is 17.6 Å². The molecule has 0 radical (unpaired) electrons. The van der Waals surface area contributed by atoms with Crippen LogP contribution in [0.4, 0.5) is 14.5 Å². The Kier molecular flexibility index (Phi) is 3.11. The Morgan fingerprint density at radius 1 is 1.44 bits per heavy atom. The molecule has 1 aliphatic rings. The van der Waals surface area contributed by atoms with E-state index in [4.69, 9.17) is 5.11 Å². The third kappa shape index (κ3) is 2.10. The predicted molar refractivity (Wildman–Crippen MR) is 60.8 cm³/mol. The molecule has 2 rings (SSSR count). The second-order valence-corrected chi connectivity index (χ2v) is 4.30. The van der Waals surface area contributed by atoms with Gasteiger partial charge in [0.25, 0.3) is 0 Å². The van der Waals surface area contributed by atoms with Gasteiger partial charge >= 0.3 is 5.97 Å². The van der Waals surface area contributed by atoms with E-state index in [-0.39, 0.29) is 17.5 Å². The molecular formula is C12H13F2NO3. The van der Waals surface area contributed by atoms with Crippen LogP contribution in [0.15, 0.2) is 12.1 Å². The summed E-state index contributed by atoms with van der Waals surface area (Å²) in [5.74, 6) is -2.91. The molecule has 0 heterocycles. The number of carboxylic acids is 1. The van der Waals surface area contributed by atoms with Crippen LogP contribution in [0.25, 0.3) is 0 Å². The van der Waals surface area contributed by atoms with Crippen molar-refractivity contribution in [2.45, 2.75) is 12.5 Å². The van der Waals surface area contributed by atoms with Crippen LogP contribution in [0.1, 0.15) is 6.42 Å². The van der Waals surface area contributed by atoms with E-state index in [1.165, 1.54) is 12.0 Å². The molecule has 0 bridgehead atoms. The van der Waals surface area contributed by atoms with Gasteiger partial charge in [0.05, 0.1) is 18.7 Å². The van der Waals surface area contributed by atoms with Gasteiger partial charge in [-0.2, -0.15) is 0 Å². The topological polar surface area (TPSA) is 49.8 Å². The van der Waals surface area contributed by atoms with Crippen LogP contribution >= 0.6 is 0 Å². The summed E-state index contributed by atoms with van der Waals surface area (Å²) in [6, 6.07) is 1.69. The minimum Gasteiger partial charge on any atom is -0.494 e. The number of carbonyl (C=O) groups is 1. The monoisotopic (exact) mass is 257 g/mol. The van der Waals surface area contributed by atoms with Gasteiger partial charge in [-0.25, -0.2) is 8.78 Å². The third-order valence-corrected chi connectivity index (χ3v) is 3.17. The van der Waals surface area contributed by atoms with Gasteiger partial charge in [0.1, 0.15) is 5.82 Å². The molecule has 4 nitrogen and oxygen atoms in total. The van der Waals surface area contributed by atoms with Crippen LogP contribution in [-0.4, -0.2) is 31.3 Å². The predicted octanol–water partition coefficient (Wildman–Crippen LogP) is 1.88. The smallest absolute Gasteiger partial charge is 0.308 e. The van der Waals surface area contributed by atoms with Gasteiger partial charge in [0, 0.05) is 25.2 Å². The number of rotatable bonds is 4. The Hall–Kier alpha value is -1.85. The fourth-order valence-corrected chi connectivity index (χ4v) is 2.00. The molecule has 1 N–H and O–H groups in total. The van der Waals surface area contributed by atoms with Gasteiger partial charge in [-0.15, -0.1) is 0 Å². The first-order chi connectivity index (χ1) is 8.45. The van der Waals surface area contributed by atoms with E-state index in [1.54, 1.807) is 7.05 Å². The maximum Gasteiger partial charge on any atom is 0.308 e. The van der Waals surface area contributed by atoms with E-state index in [9.17, 15) is 13.6 Å². The summed E-state index contributed by atoms with van der Waals surface area (Å²) in [6.07, 6.45) is 0.443. The lowest BCUT2D eigenvalue weighted by molar-refractivity contribution is -0.138. The van der Waals surface area contributed by atoms with E-state index in [0.29, 0.717) is 6.42 Å².